The van der Waals surface area contributed by atoms with Crippen molar-refractivity contribution in [3.8, 4) is 28.4 Å². The summed E-state index contributed by atoms with van der Waals surface area (Å²) in [6.07, 6.45) is 0. The average Bonchev–Trinajstić information content (AvgIpc) is 2.44. The first kappa shape index (κ1) is 14.8. The van der Waals surface area contributed by atoms with Gasteiger partial charge in [-0.2, -0.15) is 8.78 Å². The van der Waals surface area contributed by atoms with Gasteiger partial charge in [0.15, 0.2) is 34.8 Å². The smallest absolute Gasteiger partial charge is 0.206 e. The minimum absolute atomic E-state index is 0.0571. The van der Waals surface area contributed by atoms with Gasteiger partial charge in [-0.1, -0.05) is 0 Å². The number of halogens is 6. The van der Waals surface area contributed by atoms with E-state index in [0.717, 1.165) is 0 Å². The highest BCUT2D eigenvalue weighted by atomic mass is 19.2. The van der Waals surface area contributed by atoms with Crippen LogP contribution in [0.15, 0.2) is 6.07 Å². The number of aromatic hydroxyl groups is 3. The lowest BCUT2D eigenvalue weighted by molar-refractivity contribution is 0.358. The van der Waals surface area contributed by atoms with Gasteiger partial charge in [-0.05, 0) is 0 Å². The van der Waals surface area contributed by atoms with Gasteiger partial charge in [-0.25, -0.2) is 17.6 Å². The molecule has 2 aromatic carbocycles. The quantitative estimate of drug-likeness (QED) is 0.430. The number of hydrogen-bond acceptors (Lipinski definition) is 3. The molecule has 3 N–H and O–H groups in total. The largest absolute Gasteiger partial charge is 0.507 e. The molecule has 0 aromatic heterocycles. The van der Waals surface area contributed by atoms with Crippen molar-refractivity contribution < 1.29 is 41.7 Å². The third-order valence-corrected chi connectivity index (χ3v) is 2.66. The number of phenols is 3. The monoisotopic (exact) mass is 310 g/mol. The Balaban J connectivity index is 2.96. The molecule has 0 aliphatic carbocycles. The summed E-state index contributed by atoms with van der Waals surface area (Å²) in [6, 6.07) is 0.0571. The molecule has 0 radical (unpaired) electrons. The molecular formula is C12H4F6O3. The molecule has 9 heteroatoms. The van der Waals surface area contributed by atoms with Crippen molar-refractivity contribution in [3.63, 3.8) is 0 Å². The van der Waals surface area contributed by atoms with E-state index >= 15 is 0 Å². The maximum atomic E-state index is 13.6. The van der Waals surface area contributed by atoms with Gasteiger partial charge in [-0.15, -0.1) is 0 Å². The molecule has 0 saturated carbocycles. The van der Waals surface area contributed by atoms with Crippen molar-refractivity contribution in [2.75, 3.05) is 0 Å². The Bertz CT molecular complexity index is 731. The van der Waals surface area contributed by atoms with E-state index in [2.05, 4.69) is 0 Å². The van der Waals surface area contributed by atoms with Gasteiger partial charge in [0, 0.05) is 6.07 Å². The van der Waals surface area contributed by atoms with Gasteiger partial charge in [0.05, 0.1) is 11.1 Å². The Morgan fingerprint density at radius 2 is 1.14 bits per heavy atom. The number of phenolic OH excluding ortho intramolecular Hbond substituents is 3. The average molecular weight is 310 g/mol. The fourth-order valence-corrected chi connectivity index (χ4v) is 1.69. The Kier molecular flexibility index (Phi) is 3.36. The zero-order chi connectivity index (χ0) is 16.1. The molecule has 0 unspecified atom stereocenters. The van der Waals surface area contributed by atoms with Crippen LogP contribution in [0, 0.1) is 34.9 Å². The molecule has 2 rings (SSSR count). The van der Waals surface area contributed by atoms with Crippen LogP contribution in [-0.4, -0.2) is 15.3 Å². The standard InChI is InChI=1S/C12H4F6O3/c13-2-1-3(19)4(11(20)6(2)14)5-7(15)9(17)10(18)12(21)8(5)16/h1,19-21H. The minimum Gasteiger partial charge on any atom is -0.507 e. The van der Waals surface area contributed by atoms with Crippen LogP contribution in [-0.2, 0) is 0 Å². The summed E-state index contributed by atoms with van der Waals surface area (Å²) in [4.78, 5) is 0. The second-order valence-corrected chi connectivity index (χ2v) is 3.89. The SMILES string of the molecule is Oc1cc(F)c(F)c(O)c1-c1c(F)c(O)c(F)c(F)c1F. The summed E-state index contributed by atoms with van der Waals surface area (Å²) in [7, 11) is 0. The van der Waals surface area contributed by atoms with Crippen LogP contribution in [0.4, 0.5) is 26.3 Å². The molecule has 0 saturated heterocycles. The molecule has 0 heterocycles. The van der Waals surface area contributed by atoms with Crippen molar-refractivity contribution in [2.24, 2.45) is 0 Å². The molecule has 0 atom stereocenters. The summed E-state index contributed by atoms with van der Waals surface area (Å²) >= 11 is 0. The fraction of sp³-hybridized carbons (Fsp3) is 0. The first-order valence-electron chi connectivity index (χ1n) is 5.13. The second-order valence-electron chi connectivity index (χ2n) is 3.89. The fourth-order valence-electron chi connectivity index (χ4n) is 1.69. The summed E-state index contributed by atoms with van der Waals surface area (Å²) < 4.78 is 79.4. The molecule has 3 nitrogen and oxygen atoms in total. The number of rotatable bonds is 1. The van der Waals surface area contributed by atoms with E-state index in [0.29, 0.717) is 0 Å². The van der Waals surface area contributed by atoms with E-state index in [4.69, 9.17) is 5.11 Å². The number of hydrogen-bond donors (Lipinski definition) is 3. The highest BCUT2D eigenvalue weighted by Crippen LogP contribution is 2.45. The molecule has 0 bridgehead atoms. The predicted molar refractivity (Wildman–Crippen MR) is 56.6 cm³/mol. The summed E-state index contributed by atoms with van der Waals surface area (Å²) in [5.74, 6) is -17.7. The zero-order valence-electron chi connectivity index (χ0n) is 9.69. The van der Waals surface area contributed by atoms with Crippen molar-refractivity contribution in [1.82, 2.24) is 0 Å². The molecule has 0 aliphatic rings. The number of benzene rings is 2. The Morgan fingerprint density at radius 3 is 1.71 bits per heavy atom. The van der Waals surface area contributed by atoms with E-state index in [1.165, 1.54) is 0 Å². The summed E-state index contributed by atoms with van der Waals surface area (Å²) in [6.45, 7) is 0. The molecular weight excluding hydrogens is 306 g/mol. The first-order chi connectivity index (χ1) is 9.68. The van der Waals surface area contributed by atoms with Crippen LogP contribution in [0.5, 0.6) is 17.2 Å². The maximum absolute atomic E-state index is 13.6. The third-order valence-electron chi connectivity index (χ3n) is 2.66. The lowest BCUT2D eigenvalue weighted by Gasteiger charge is -2.12. The van der Waals surface area contributed by atoms with E-state index in [-0.39, 0.29) is 6.07 Å². The van der Waals surface area contributed by atoms with Gasteiger partial charge in [0.1, 0.15) is 5.75 Å². The van der Waals surface area contributed by atoms with Crippen LogP contribution in [0.3, 0.4) is 0 Å². The molecule has 0 spiro atoms. The summed E-state index contributed by atoms with van der Waals surface area (Å²) in [5, 5.41) is 27.6. The normalized spacial score (nSPS) is 11.0. The molecule has 2 aromatic rings. The van der Waals surface area contributed by atoms with E-state index in [1.54, 1.807) is 0 Å². The Hall–Kier alpha value is -2.58. The van der Waals surface area contributed by atoms with Gasteiger partial charge < -0.3 is 15.3 Å². The maximum Gasteiger partial charge on any atom is 0.206 e. The predicted octanol–water partition coefficient (Wildman–Crippen LogP) is 3.30. The van der Waals surface area contributed by atoms with E-state index in [9.17, 15) is 36.6 Å². The molecule has 21 heavy (non-hydrogen) atoms. The molecule has 0 aliphatic heterocycles. The summed E-state index contributed by atoms with van der Waals surface area (Å²) in [5.41, 5.74) is -3.03. The van der Waals surface area contributed by atoms with Crippen LogP contribution in [0.25, 0.3) is 11.1 Å². The van der Waals surface area contributed by atoms with Crippen molar-refractivity contribution >= 4 is 0 Å². The minimum atomic E-state index is -2.33. The van der Waals surface area contributed by atoms with Crippen LogP contribution < -0.4 is 0 Å². The molecule has 0 amide bonds. The topological polar surface area (TPSA) is 60.7 Å². The van der Waals surface area contributed by atoms with Gasteiger partial charge in [0.25, 0.3) is 0 Å². The van der Waals surface area contributed by atoms with E-state index in [1.807, 2.05) is 0 Å². The first-order valence-corrected chi connectivity index (χ1v) is 5.13. The Morgan fingerprint density at radius 1 is 0.571 bits per heavy atom. The van der Waals surface area contributed by atoms with Crippen LogP contribution >= 0.6 is 0 Å². The molecule has 0 fully saturated rings. The lowest BCUT2D eigenvalue weighted by atomic mass is 10.0. The zero-order valence-corrected chi connectivity index (χ0v) is 9.69. The second kappa shape index (κ2) is 4.76. The van der Waals surface area contributed by atoms with E-state index < -0.39 is 63.3 Å². The third kappa shape index (κ3) is 2.01. The van der Waals surface area contributed by atoms with Crippen molar-refractivity contribution in [1.29, 1.82) is 0 Å². The highest BCUT2D eigenvalue weighted by molar-refractivity contribution is 5.78. The Labute approximate surface area is 112 Å². The van der Waals surface area contributed by atoms with Gasteiger partial charge in [0.2, 0.25) is 11.6 Å². The highest BCUT2D eigenvalue weighted by Gasteiger charge is 2.31. The lowest BCUT2D eigenvalue weighted by Crippen LogP contribution is -2.01. The van der Waals surface area contributed by atoms with Crippen molar-refractivity contribution in [3.05, 3.63) is 41.0 Å². The van der Waals surface area contributed by atoms with Gasteiger partial charge in [-0.3, -0.25) is 0 Å². The van der Waals surface area contributed by atoms with Crippen LogP contribution in [0.2, 0.25) is 0 Å². The van der Waals surface area contributed by atoms with Crippen molar-refractivity contribution in [2.45, 2.75) is 0 Å². The molecule has 112 valence electrons. The van der Waals surface area contributed by atoms with Gasteiger partial charge >= 0.3 is 0 Å². The van der Waals surface area contributed by atoms with Crippen LogP contribution in [0.1, 0.15) is 0 Å².